The van der Waals surface area contributed by atoms with Crippen LogP contribution < -0.4 is 11.3 Å². The maximum absolute atomic E-state index is 12.3. The maximum Gasteiger partial charge on any atom is 0.312 e. The van der Waals surface area contributed by atoms with Gasteiger partial charge in [0, 0.05) is 0 Å². The molecule has 10 nitrogen and oxygen atoms in total. The molecule has 10 heteroatoms. The van der Waals surface area contributed by atoms with Crippen molar-refractivity contribution in [2.75, 3.05) is 5.73 Å². The van der Waals surface area contributed by atoms with Gasteiger partial charge in [0.1, 0.15) is 0 Å². The van der Waals surface area contributed by atoms with Crippen LogP contribution in [0.25, 0.3) is 11.2 Å². The molecule has 2 aliphatic rings. The summed E-state index contributed by atoms with van der Waals surface area (Å²) in [5, 5.41) is 19.4. The van der Waals surface area contributed by atoms with E-state index in [0.29, 0.717) is 6.42 Å². The molecule has 2 aromatic heterocycles. The summed E-state index contributed by atoms with van der Waals surface area (Å²) in [5.74, 6) is -2.26. The highest BCUT2D eigenvalue weighted by Gasteiger charge is 2.61. The second kappa shape index (κ2) is 5.55. The van der Waals surface area contributed by atoms with Gasteiger partial charge in [-0.3, -0.25) is 19.4 Å². The lowest BCUT2D eigenvalue weighted by Crippen LogP contribution is -2.40. The minimum atomic E-state index is -1.46. The van der Waals surface area contributed by atoms with E-state index in [9.17, 15) is 24.6 Å². The second-order valence-electron chi connectivity index (χ2n) is 7.31. The average Bonchev–Trinajstić information content (AvgIpc) is 3.20. The van der Waals surface area contributed by atoms with Crippen molar-refractivity contribution in [3.05, 3.63) is 16.7 Å². The Labute approximate surface area is 147 Å². The van der Waals surface area contributed by atoms with Crippen molar-refractivity contribution < 1.29 is 19.8 Å². The Bertz CT molecular complexity index is 966. The molecular weight excluding hydrogens is 342 g/mol. The monoisotopic (exact) mass is 361 g/mol. The van der Waals surface area contributed by atoms with E-state index in [1.165, 1.54) is 6.33 Å². The fourth-order valence-electron chi connectivity index (χ4n) is 5.09. The first-order valence-corrected chi connectivity index (χ1v) is 8.51. The highest BCUT2D eigenvalue weighted by Crippen LogP contribution is 2.61. The summed E-state index contributed by atoms with van der Waals surface area (Å²) in [7, 11) is 0. The van der Waals surface area contributed by atoms with Gasteiger partial charge in [-0.05, 0) is 24.7 Å². The zero-order valence-electron chi connectivity index (χ0n) is 13.9. The van der Waals surface area contributed by atoms with Crippen LogP contribution in [-0.4, -0.2) is 41.7 Å². The largest absolute Gasteiger partial charge is 0.481 e. The molecule has 4 atom stereocenters. The first kappa shape index (κ1) is 16.6. The van der Waals surface area contributed by atoms with Crippen LogP contribution in [0.15, 0.2) is 11.1 Å². The van der Waals surface area contributed by atoms with Crippen LogP contribution in [0.5, 0.6) is 0 Å². The predicted octanol–water partition coefficient (Wildman–Crippen LogP) is 0.609. The maximum atomic E-state index is 12.3. The van der Waals surface area contributed by atoms with E-state index in [-0.39, 0.29) is 28.9 Å². The fourth-order valence-corrected chi connectivity index (χ4v) is 5.09. The van der Waals surface area contributed by atoms with E-state index < -0.39 is 35.4 Å². The smallest absolute Gasteiger partial charge is 0.312 e. The molecule has 0 aromatic carbocycles. The number of aromatic amines is 1. The molecule has 2 fully saturated rings. The molecule has 0 radical (unpaired) electrons. The first-order valence-electron chi connectivity index (χ1n) is 8.51. The molecule has 2 aliphatic carbocycles. The Morgan fingerprint density at radius 1 is 1.38 bits per heavy atom. The molecule has 2 unspecified atom stereocenters. The van der Waals surface area contributed by atoms with Crippen molar-refractivity contribution in [2.45, 2.75) is 38.1 Å². The van der Waals surface area contributed by atoms with Gasteiger partial charge >= 0.3 is 11.9 Å². The summed E-state index contributed by atoms with van der Waals surface area (Å²) in [4.78, 5) is 46.4. The Kier molecular flexibility index (Phi) is 3.53. The molecule has 138 valence electrons. The van der Waals surface area contributed by atoms with E-state index in [0.717, 1.165) is 19.3 Å². The number of carboxylic acids is 2. The lowest BCUT2D eigenvalue weighted by molar-refractivity contribution is -0.158. The van der Waals surface area contributed by atoms with Gasteiger partial charge in [-0.15, -0.1) is 0 Å². The molecule has 26 heavy (non-hydrogen) atoms. The molecule has 2 aromatic rings. The first-order chi connectivity index (χ1) is 12.3. The zero-order valence-corrected chi connectivity index (χ0v) is 13.9. The summed E-state index contributed by atoms with van der Waals surface area (Å²) in [5.41, 5.74) is 3.94. The molecule has 0 aliphatic heterocycles. The summed E-state index contributed by atoms with van der Waals surface area (Å²) in [6, 6.07) is -0.637. The van der Waals surface area contributed by atoms with Crippen molar-refractivity contribution >= 4 is 29.1 Å². The summed E-state index contributed by atoms with van der Waals surface area (Å²) < 4.78 is 1.56. The van der Waals surface area contributed by atoms with E-state index in [1.54, 1.807) is 4.57 Å². The van der Waals surface area contributed by atoms with Gasteiger partial charge in [-0.25, -0.2) is 4.98 Å². The number of fused-ring (bicyclic) bond motifs is 2. The van der Waals surface area contributed by atoms with Crippen molar-refractivity contribution in [2.24, 2.45) is 17.3 Å². The Morgan fingerprint density at radius 2 is 2.15 bits per heavy atom. The number of carbonyl (C=O) groups is 2. The number of rotatable bonds is 4. The van der Waals surface area contributed by atoms with E-state index >= 15 is 0 Å². The number of nitrogen functional groups attached to an aromatic ring is 1. The third-order valence-electron chi connectivity index (χ3n) is 5.96. The molecule has 0 amide bonds. The minimum Gasteiger partial charge on any atom is -0.481 e. The van der Waals surface area contributed by atoms with Crippen LogP contribution in [0.4, 0.5) is 5.95 Å². The number of nitrogens with two attached hydrogens (primary N) is 1. The zero-order chi connectivity index (χ0) is 18.6. The number of carboxylic acid groups (broad SMARTS) is 2. The Hall–Kier alpha value is -2.91. The van der Waals surface area contributed by atoms with Gasteiger partial charge in [0.2, 0.25) is 5.95 Å². The Balaban J connectivity index is 1.95. The Morgan fingerprint density at radius 3 is 2.85 bits per heavy atom. The fraction of sp³-hybridized carbons (Fsp3) is 0.562. The number of hydrogen-bond donors (Lipinski definition) is 4. The van der Waals surface area contributed by atoms with Crippen LogP contribution in [0, 0.1) is 17.3 Å². The quantitative estimate of drug-likeness (QED) is 0.615. The number of anilines is 1. The summed E-state index contributed by atoms with van der Waals surface area (Å²) in [6.07, 6.45) is 3.84. The standard InChI is InChI=1S/C16H19N5O5/c17-15-19-12-10(13(24)20-15)18-6-21(12)11-8-3-1-2-7(8)4-16(11,14(25)26)5-9(22)23/h6-8,11H,1-5H2,(H,22,23)(H,25,26)(H3,17,19,20,24)/t7?,8?,11-,16-/m1/s1. The highest BCUT2D eigenvalue weighted by molar-refractivity contribution is 5.83. The number of aliphatic carboxylic acids is 2. The van der Waals surface area contributed by atoms with Gasteiger partial charge in [-0.2, -0.15) is 4.98 Å². The second-order valence-corrected chi connectivity index (χ2v) is 7.31. The van der Waals surface area contributed by atoms with E-state index in [2.05, 4.69) is 15.0 Å². The van der Waals surface area contributed by atoms with Crippen LogP contribution >= 0.6 is 0 Å². The van der Waals surface area contributed by atoms with Crippen LogP contribution in [0.1, 0.15) is 38.1 Å². The summed E-state index contributed by atoms with van der Waals surface area (Å²) in [6.45, 7) is 0. The van der Waals surface area contributed by atoms with Gasteiger partial charge in [-0.1, -0.05) is 12.8 Å². The van der Waals surface area contributed by atoms with Gasteiger partial charge in [0.15, 0.2) is 11.2 Å². The van der Waals surface area contributed by atoms with Crippen molar-refractivity contribution in [3.63, 3.8) is 0 Å². The average molecular weight is 361 g/mol. The number of nitrogens with zero attached hydrogens (tertiary/aromatic N) is 3. The molecule has 5 N–H and O–H groups in total. The molecular formula is C16H19N5O5. The van der Waals surface area contributed by atoms with E-state index in [1.807, 2.05) is 0 Å². The van der Waals surface area contributed by atoms with Gasteiger partial charge in [0.05, 0.1) is 24.2 Å². The van der Waals surface area contributed by atoms with Crippen LogP contribution in [-0.2, 0) is 9.59 Å². The predicted molar refractivity (Wildman–Crippen MR) is 89.4 cm³/mol. The number of H-pyrrole nitrogens is 1. The minimum absolute atomic E-state index is 0.00478. The molecule has 2 saturated carbocycles. The normalized spacial score (nSPS) is 30.5. The summed E-state index contributed by atoms with van der Waals surface area (Å²) >= 11 is 0. The van der Waals surface area contributed by atoms with Crippen LogP contribution in [0.3, 0.4) is 0 Å². The number of nitrogens with one attached hydrogen (secondary N) is 1. The van der Waals surface area contributed by atoms with Gasteiger partial charge in [0.25, 0.3) is 5.56 Å². The third kappa shape index (κ3) is 2.21. The molecule has 0 saturated heterocycles. The molecule has 4 rings (SSSR count). The lowest BCUT2D eigenvalue weighted by Gasteiger charge is -2.33. The van der Waals surface area contributed by atoms with Crippen molar-refractivity contribution in [1.82, 2.24) is 19.5 Å². The van der Waals surface area contributed by atoms with Gasteiger partial charge < -0.3 is 20.5 Å². The van der Waals surface area contributed by atoms with Crippen LogP contribution in [0.2, 0.25) is 0 Å². The third-order valence-corrected chi connectivity index (χ3v) is 5.96. The number of hydrogen-bond acceptors (Lipinski definition) is 6. The number of aromatic nitrogens is 4. The topological polar surface area (TPSA) is 164 Å². The lowest BCUT2D eigenvalue weighted by atomic mass is 9.76. The molecule has 2 heterocycles. The highest BCUT2D eigenvalue weighted by atomic mass is 16.4. The SMILES string of the molecule is Nc1nc2c(ncn2[C@@H]2C3CCCC3C[C@]2(CC(=O)O)C(=O)O)c(=O)[nH]1. The van der Waals surface area contributed by atoms with Crippen molar-refractivity contribution in [1.29, 1.82) is 0 Å². The van der Waals surface area contributed by atoms with Crippen molar-refractivity contribution in [3.8, 4) is 0 Å². The number of imidazole rings is 1. The van der Waals surface area contributed by atoms with E-state index in [4.69, 9.17) is 5.73 Å². The molecule has 0 bridgehead atoms. The molecule has 0 spiro atoms.